The highest BCUT2D eigenvalue weighted by atomic mass is 79.9. The molecule has 36 heavy (non-hydrogen) atoms. The zero-order valence-corrected chi connectivity index (χ0v) is 20.8. The molecule has 1 amide bonds. The van der Waals surface area contributed by atoms with E-state index >= 15 is 0 Å². The fraction of sp³-hybridized carbons (Fsp3) is 0.143. The van der Waals surface area contributed by atoms with E-state index in [1.54, 1.807) is 23.1 Å². The molecule has 3 aromatic carbocycles. The molecular weight excluding hydrogens is 520 g/mol. The fourth-order valence-electron chi connectivity index (χ4n) is 4.64. The summed E-state index contributed by atoms with van der Waals surface area (Å²) in [4.78, 5) is 29.4. The molecular formula is C28H21BrN4O3. The predicted molar refractivity (Wildman–Crippen MR) is 143 cm³/mol. The summed E-state index contributed by atoms with van der Waals surface area (Å²) in [5.41, 5.74) is 1.75. The highest BCUT2D eigenvalue weighted by Crippen LogP contribution is 2.28. The van der Waals surface area contributed by atoms with Crippen molar-refractivity contribution >= 4 is 49.4 Å². The van der Waals surface area contributed by atoms with E-state index in [0.717, 1.165) is 32.3 Å². The van der Waals surface area contributed by atoms with E-state index in [-0.39, 0.29) is 11.5 Å². The van der Waals surface area contributed by atoms with Gasteiger partial charge in [0, 0.05) is 41.6 Å². The standard InChI is InChI=1S/C28H21BrN4O3/c29-20-8-10-25-19(16-20)17-23(28(35)36-25)27(34)33-14-12-32(13-15-33)26-11-9-24(30-31-26)22-7-3-5-18-4-1-2-6-21(18)22/h1-11,16-17H,12-15H2. The van der Waals surface area contributed by atoms with Crippen molar-refractivity contribution in [2.75, 3.05) is 31.1 Å². The van der Waals surface area contributed by atoms with Crippen LogP contribution in [-0.2, 0) is 0 Å². The number of halogens is 1. The molecule has 0 atom stereocenters. The SMILES string of the molecule is O=C(c1cc2cc(Br)ccc2oc1=O)N1CCN(c2ccc(-c3cccc4ccccc34)nn2)CC1. The summed E-state index contributed by atoms with van der Waals surface area (Å²) in [5.74, 6) is 0.448. The van der Waals surface area contributed by atoms with Crippen molar-refractivity contribution < 1.29 is 9.21 Å². The number of carbonyl (C=O) groups is 1. The zero-order chi connectivity index (χ0) is 24.6. The lowest BCUT2D eigenvalue weighted by Gasteiger charge is -2.35. The summed E-state index contributed by atoms with van der Waals surface area (Å²) < 4.78 is 6.22. The molecule has 8 heteroatoms. The molecule has 5 aromatic rings. The maximum Gasteiger partial charge on any atom is 0.349 e. The number of fused-ring (bicyclic) bond motifs is 2. The van der Waals surface area contributed by atoms with E-state index < -0.39 is 5.63 Å². The van der Waals surface area contributed by atoms with Gasteiger partial charge in [-0.2, -0.15) is 0 Å². The number of amides is 1. The summed E-state index contributed by atoms with van der Waals surface area (Å²) >= 11 is 3.41. The summed E-state index contributed by atoms with van der Waals surface area (Å²) in [6.45, 7) is 2.14. The molecule has 0 unspecified atom stereocenters. The number of benzene rings is 3. The molecule has 1 saturated heterocycles. The first kappa shape index (κ1) is 22.4. The van der Waals surface area contributed by atoms with Crippen molar-refractivity contribution in [3.05, 3.63) is 99.3 Å². The van der Waals surface area contributed by atoms with Gasteiger partial charge in [0.05, 0.1) is 5.69 Å². The second-order valence-electron chi connectivity index (χ2n) is 8.71. The third kappa shape index (κ3) is 4.13. The van der Waals surface area contributed by atoms with E-state index in [4.69, 9.17) is 4.42 Å². The van der Waals surface area contributed by atoms with Crippen molar-refractivity contribution in [1.29, 1.82) is 0 Å². The number of anilines is 1. The molecule has 0 bridgehead atoms. The van der Waals surface area contributed by atoms with Crippen molar-refractivity contribution in [3.63, 3.8) is 0 Å². The lowest BCUT2D eigenvalue weighted by atomic mass is 10.0. The number of carbonyl (C=O) groups excluding carboxylic acids is 1. The fourth-order valence-corrected chi connectivity index (χ4v) is 5.02. The summed E-state index contributed by atoms with van der Waals surface area (Å²) in [6, 6.07) is 25.3. The molecule has 3 heterocycles. The van der Waals surface area contributed by atoms with Crippen molar-refractivity contribution in [1.82, 2.24) is 15.1 Å². The summed E-state index contributed by atoms with van der Waals surface area (Å²) in [7, 11) is 0. The van der Waals surface area contributed by atoms with Gasteiger partial charge in [-0.15, -0.1) is 10.2 Å². The minimum Gasteiger partial charge on any atom is -0.422 e. The molecule has 178 valence electrons. The maximum absolute atomic E-state index is 13.1. The Morgan fingerprint density at radius 1 is 0.833 bits per heavy atom. The Labute approximate surface area is 215 Å². The number of hydrogen-bond acceptors (Lipinski definition) is 6. The van der Waals surface area contributed by atoms with Gasteiger partial charge in [-0.3, -0.25) is 4.79 Å². The molecule has 0 spiro atoms. The van der Waals surface area contributed by atoms with E-state index in [1.165, 1.54) is 0 Å². The Kier molecular flexibility index (Phi) is 5.73. The van der Waals surface area contributed by atoms with Crippen molar-refractivity contribution in [2.24, 2.45) is 0 Å². The van der Waals surface area contributed by atoms with Gasteiger partial charge in [-0.05, 0) is 47.2 Å². The average Bonchev–Trinajstić information content (AvgIpc) is 2.92. The minimum atomic E-state index is -0.618. The Hall–Kier alpha value is -4.04. The second kappa shape index (κ2) is 9.20. The highest BCUT2D eigenvalue weighted by molar-refractivity contribution is 9.10. The van der Waals surface area contributed by atoms with E-state index in [2.05, 4.69) is 55.3 Å². The van der Waals surface area contributed by atoms with E-state index in [0.29, 0.717) is 37.1 Å². The van der Waals surface area contributed by atoms with Crippen LogP contribution in [0.1, 0.15) is 10.4 Å². The van der Waals surface area contributed by atoms with Gasteiger partial charge in [0.2, 0.25) is 0 Å². The van der Waals surface area contributed by atoms with Crippen LogP contribution < -0.4 is 10.5 Å². The quantitative estimate of drug-likeness (QED) is 0.295. The Bertz CT molecular complexity index is 1650. The van der Waals surface area contributed by atoms with Gasteiger partial charge < -0.3 is 14.2 Å². The molecule has 0 aliphatic carbocycles. The maximum atomic E-state index is 13.1. The minimum absolute atomic E-state index is 0.0493. The molecule has 0 saturated carbocycles. The Morgan fingerprint density at radius 3 is 2.44 bits per heavy atom. The van der Waals surface area contributed by atoms with E-state index in [1.807, 2.05) is 36.4 Å². The average molecular weight is 541 g/mol. The second-order valence-corrected chi connectivity index (χ2v) is 9.63. The van der Waals surface area contributed by atoms with Crippen LogP contribution in [0.15, 0.2) is 92.5 Å². The molecule has 0 N–H and O–H groups in total. The first-order valence-corrected chi connectivity index (χ1v) is 12.5. The molecule has 0 radical (unpaired) electrons. The van der Waals surface area contributed by atoms with Gasteiger partial charge in [-0.1, -0.05) is 58.4 Å². The van der Waals surface area contributed by atoms with Crippen molar-refractivity contribution in [3.8, 4) is 11.3 Å². The lowest BCUT2D eigenvalue weighted by molar-refractivity contribution is 0.0742. The van der Waals surface area contributed by atoms with Gasteiger partial charge in [0.25, 0.3) is 5.91 Å². The number of nitrogens with zero attached hydrogens (tertiary/aromatic N) is 4. The summed E-state index contributed by atoms with van der Waals surface area (Å²) in [5, 5.41) is 12.0. The topological polar surface area (TPSA) is 79.5 Å². The third-order valence-corrected chi connectivity index (χ3v) is 7.02. The molecule has 7 nitrogen and oxygen atoms in total. The van der Waals surface area contributed by atoms with Crippen LogP contribution in [0.3, 0.4) is 0 Å². The monoisotopic (exact) mass is 540 g/mol. The van der Waals surface area contributed by atoms with Crippen LogP contribution in [0, 0.1) is 0 Å². The molecule has 1 fully saturated rings. The number of aromatic nitrogens is 2. The van der Waals surface area contributed by atoms with Crippen LogP contribution in [0.2, 0.25) is 0 Å². The summed E-state index contributed by atoms with van der Waals surface area (Å²) in [6.07, 6.45) is 0. The van der Waals surface area contributed by atoms with Crippen LogP contribution in [0.25, 0.3) is 33.0 Å². The van der Waals surface area contributed by atoms with Gasteiger partial charge in [0.15, 0.2) is 5.82 Å². The number of rotatable bonds is 3. The predicted octanol–water partition coefficient (Wildman–Crippen LogP) is 5.13. The zero-order valence-electron chi connectivity index (χ0n) is 19.2. The smallest absolute Gasteiger partial charge is 0.349 e. The van der Waals surface area contributed by atoms with Crippen LogP contribution in [0.4, 0.5) is 5.82 Å². The van der Waals surface area contributed by atoms with Gasteiger partial charge in [-0.25, -0.2) is 4.79 Å². The molecule has 2 aromatic heterocycles. The van der Waals surface area contributed by atoms with Crippen LogP contribution in [-0.4, -0.2) is 47.2 Å². The first-order valence-electron chi connectivity index (χ1n) is 11.7. The van der Waals surface area contributed by atoms with Crippen molar-refractivity contribution in [2.45, 2.75) is 0 Å². The molecule has 6 rings (SSSR count). The first-order chi connectivity index (χ1) is 17.6. The number of piperazine rings is 1. The van der Waals surface area contributed by atoms with Crippen LogP contribution in [0.5, 0.6) is 0 Å². The molecule has 1 aliphatic rings. The third-order valence-electron chi connectivity index (χ3n) is 6.53. The lowest BCUT2D eigenvalue weighted by Crippen LogP contribution is -2.49. The van der Waals surface area contributed by atoms with E-state index in [9.17, 15) is 9.59 Å². The van der Waals surface area contributed by atoms with Crippen LogP contribution >= 0.6 is 15.9 Å². The Balaban J connectivity index is 1.17. The van der Waals surface area contributed by atoms with Gasteiger partial charge >= 0.3 is 5.63 Å². The van der Waals surface area contributed by atoms with Gasteiger partial charge in [0.1, 0.15) is 11.1 Å². The molecule has 1 aliphatic heterocycles. The largest absolute Gasteiger partial charge is 0.422 e. The Morgan fingerprint density at radius 2 is 1.64 bits per heavy atom. The highest BCUT2D eigenvalue weighted by Gasteiger charge is 2.26. The normalized spacial score (nSPS) is 13.9. The number of hydrogen-bond donors (Lipinski definition) is 0.